The van der Waals surface area contributed by atoms with Crippen molar-refractivity contribution in [3.63, 3.8) is 0 Å². The molecule has 0 rings (SSSR count). The van der Waals surface area contributed by atoms with Crippen molar-refractivity contribution in [2.24, 2.45) is 0 Å². The van der Waals surface area contributed by atoms with Gasteiger partial charge < -0.3 is 14.6 Å². The maximum absolute atomic E-state index is 12.3. The number of ether oxygens (including phenoxy) is 2. The Hall–Kier alpha value is -1.10. The molecule has 5 nitrogen and oxygen atoms in total. The Bertz CT molecular complexity index is 906. The molecule has 0 bridgehead atoms. The largest absolute Gasteiger partial charge is 0.462 e. The normalized spacial score (nSPS) is 12.0. The van der Waals surface area contributed by atoms with Crippen LogP contribution < -0.4 is 0 Å². The first-order chi connectivity index (χ1) is 32.1. The molecule has 0 aromatic carbocycles. The molecule has 1 N–H and O–H groups in total. The molecular formula is C60H118O5. The number of carbonyl (C=O) groups excluding carboxylic acids is 2. The Labute approximate surface area is 408 Å². The van der Waals surface area contributed by atoms with Crippen LogP contribution in [0.3, 0.4) is 0 Å². The van der Waals surface area contributed by atoms with E-state index in [0.29, 0.717) is 12.8 Å². The Morgan fingerprint density at radius 2 is 0.477 bits per heavy atom. The van der Waals surface area contributed by atoms with Crippen molar-refractivity contribution in [2.75, 3.05) is 13.2 Å². The number of hydrogen-bond acceptors (Lipinski definition) is 5. The van der Waals surface area contributed by atoms with Crippen LogP contribution in [0.5, 0.6) is 0 Å². The third kappa shape index (κ3) is 55.4. The molecule has 0 saturated heterocycles. The molecule has 0 amide bonds. The van der Waals surface area contributed by atoms with Crippen molar-refractivity contribution < 1.29 is 24.2 Å². The molecule has 0 aromatic rings. The summed E-state index contributed by atoms with van der Waals surface area (Å²) in [5, 5.41) is 9.61. The summed E-state index contributed by atoms with van der Waals surface area (Å²) in [6, 6.07) is 0. The highest BCUT2D eigenvalue weighted by Crippen LogP contribution is 2.19. The number of unbranched alkanes of at least 4 members (excludes halogenated alkanes) is 49. The van der Waals surface area contributed by atoms with Crippen LogP contribution in [0.15, 0.2) is 0 Å². The van der Waals surface area contributed by atoms with Crippen molar-refractivity contribution in [1.82, 2.24) is 0 Å². The smallest absolute Gasteiger partial charge is 0.306 e. The highest BCUT2D eigenvalue weighted by Gasteiger charge is 2.16. The lowest BCUT2D eigenvalue weighted by atomic mass is 10.0. The highest BCUT2D eigenvalue weighted by atomic mass is 16.6. The molecule has 0 radical (unpaired) electrons. The van der Waals surface area contributed by atoms with Gasteiger partial charge in [0.1, 0.15) is 6.61 Å². The van der Waals surface area contributed by atoms with E-state index in [1.54, 1.807) is 0 Å². The first-order valence-corrected chi connectivity index (χ1v) is 30.1. The molecular weight excluding hydrogens is 801 g/mol. The van der Waals surface area contributed by atoms with Crippen LogP contribution in [-0.4, -0.2) is 36.4 Å². The minimum Gasteiger partial charge on any atom is -0.462 e. The van der Waals surface area contributed by atoms with Gasteiger partial charge in [0.05, 0.1) is 6.61 Å². The lowest BCUT2D eigenvalue weighted by Crippen LogP contribution is -2.28. The predicted molar refractivity (Wildman–Crippen MR) is 284 cm³/mol. The first kappa shape index (κ1) is 63.9. The van der Waals surface area contributed by atoms with E-state index in [-0.39, 0.29) is 25.2 Å². The van der Waals surface area contributed by atoms with E-state index in [4.69, 9.17) is 9.47 Å². The number of esters is 2. The lowest BCUT2D eigenvalue weighted by molar-refractivity contribution is -0.161. The fourth-order valence-corrected chi connectivity index (χ4v) is 9.62. The van der Waals surface area contributed by atoms with Crippen LogP contribution in [0, 0.1) is 0 Å². The SMILES string of the molecule is CCCCCCCCCCCCCCCCCCCCCCCCCCCCCCCCCCCCCCCCCCC(=O)OC(CO)COC(=O)CCCCCCCCCCCCC. The van der Waals surface area contributed by atoms with Crippen molar-refractivity contribution in [2.45, 2.75) is 360 Å². The van der Waals surface area contributed by atoms with E-state index in [1.165, 1.54) is 295 Å². The molecule has 0 saturated carbocycles. The summed E-state index contributed by atoms with van der Waals surface area (Å²) in [5.41, 5.74) is 0. The summed E-state index contributed by atoms with van der Waals surface area (Å²) < 4.78 is 10.7. The van der Waals surface area contributed by atoms with Crippen molar-refractivity contribution in [3.05, 3.63) is 0 Å². The van der Waals surface area contributed by atoms with E-state index in [1.807, 2.05) is 0 Å². The zero-order chi connectivity index (χ0) is 47.0. The van der Waals surface area contributed by atoms with Crippen LogP contribution in [0.4, 0.5) is 0 Å². The fourth-order valence-electron chi connectivity index (χ4n) is 9.62. The molecule has 5 heteroatoms. The van der Waals surface area contributed by atoms with Crippen molar-refractivity contribution in [1.29, 1.82) is 0 Å². The maximum atomic E-state index is 12.3. The molecule has 0 aliphatic heterocycles. The number of carbonyl (C=O) groups is 2. The summed E-state index contributed by atoms with van der Waals surface area (Å²) in [5.74, 6) is -0.570. The number of hydrogen-bond donors (Lipinski definition) is 1. The quantitative estimate of drug-likeness (QED) is 0.0486. The van der Waals surface area contributed by atoms with Gasteiger partial charge in [-0.2, -0.15) is 0 Å². The average Bonchev–Trinajstić information content (AvgIpc) is 3.31. The van der Waals surface area contributed by atoms with Gasteiger partial charge in [-0.25, -0.2) is 0 Å². The first-order valence-electron chi connectivity index (χ1n) is 30.1. The Kier molecular flexibility index (Phi) is 56.3. The van der Waals surface area contributed by atoms with E-state index in [2.05, 4.69) is 13.8 Å². The molecule has 1 atom stereocenters. The molecule has 0 heterocycles. The third-order valence-electron chi connectivity index (χ3n) is 14.2. The van der Waals surface area contributed by atoms with Crippen molar-refractivity contribution in [3.8, 4) is 0 Å². The molecule has 0 aliphatic carbocycles. The van der Waals surface area contributed by atoms with Gasteiger partial charge in [0.2, 0.25) is 0 Å². The summed E-state index contributed by atoms with van der Waals surface area (Å²) in [6.45, 7) is 4.18. The average molecular weight is 920 g/mol. The minimum atomic E-state index is -0.763. The summed E-state index contributed by atoms with van der Waals surface area (Å²) in [4.78, 5) is 24.4. The number of aliphatic hydroxyl groups excluding tert-OH is 1. The van der Waals surface area contributed by atoms with Crippen molar-refractivity contribution >= 4 is 11.9 Å². The summed E-state index contributed by atoms with van der Waals surface area (Å²) >= 11 is 0. The van der Waals surface area contributed by atoms with Crippen LogP contribution >= 0.6 is 0 Å². The van der Waals surface area contributed by atoms with Gasteiger partial charge in [-0.3, -0.25) is 9.59 Å². The van der Waals surface area contributed by atoms with Gasteiger partial charge in [-0.1, -0.05) is 328 Å². The maximum Gasteiger partial charge on any atom is 0.306 e. The van der Waals surface area contributed by atoms with Gasteiger partial charge in [0, 0.05) is 12.8 Å². The second-order valence-corrected chi connectivity index (χ2v) is 20.8. The molecule has 0 aromatic heterocycles. The van der Waals surface area contributed by atoms with E-state index < -0.39 is 6.10 Å². The van der Waals surface area contributed by atoms with Crippen LogP contribution in [0.2, 0.25) is 0 Å². The zero-order valence-corrected chi connectivity index (χ0v) is 44.5. The van der Waals surface area contributed by atoms with Crippen LogP contribution in [0.1, 0.15) is 354 Å². The second-order valence-electron chi connectivity index (χ2n) is 20.8. The monoisotopic (exact) mass is 919 g/mol. The van der Waals surface area contributed by atoms with Gasteiger partial charge in [-0.15, -0.1) is 0 Å². The van der Waals surface area contributed by atoms with E-state index in [9.17, 15) is 14.7 Å². The van der Waals surface area contributed by atoms with Gasteiger partial charge in [0.25, 0.3) is 0 Å². The lowest BCUT2D eigenvalue weighted by Gasteiger charge is -2.15. The molecule has 0 aliphatic rings. The topological polar surface area (TPSA) is 72.8 Å². The Morgan fingerprint density at radius 3 is 0.677 bits per heavy atom. The Balaban J connectivity index is 3.29. The fraction of sp³-hybridized carbons (Fsp3) is 0.967. The van der Waals surface area contributed by atoms with Crippen LogP contribution in [-0.2, 0) is 19.1 Å². The molecule has 0 fully saturated rings. The summed E-state index contributed by atoms with van der Waals surface area (Å²) in [7, 11) is 0. The van der Waals surface area contributed by atoms with Crippen LogP contribution in [0.25, 0.3) is 0 Å². The zero-order valence-electron chi connectivity index (χ0n) is 44.5. The van der Waals surface area contributed by atoms with Gasteiger partial charge in [-0.05, 0) is 12.8 Å². The molecule has 0 spiro atoms. The second kappa shape index (κ2) is 57.2. The Morgan fingerprint density at radius 1 is 0.292 bits per heavy atom. The van der Waals surface area contributed by atoms with E-state index >= 15 is 0 Å². The third-order valence-corrected chi connectivity index (χ3v) is 14.2. The number of rotatable bonds is 57. The van der Waals surface area contributed by atoms with E-state index in [0.717, 1.165) is 32.1 Å². The molecule has 65 heavy (non-hydrogen) atoms. The van der Waals surface area contributed by atoms with Gasteiger partial charge in [0.15, 0.2) is 6.10 Å². The molecule has 388 valence electrons. The minimum absolute atomic E-state index is 0.0567. The predicted octanol–water partition coefficient (Wildman–Crippen LogP) is 20.1. The standard InChI is InChI=1S/C60H118O5/c1-3-5-7-9-11-13-15-16-17-18-19-20-21-22-23-24-25-26-27-28-29-30-31-32-33-34-35-36-37-38-39-40-41-42-43-45-47-49-51-53-55-60(63)65-58(56-61)57-64-59(62)54-52-50-48-46-44-14-12-10-8-6-4-2/h58,61H,3-57H2,1-2H3. The number of aliphatic hydroxyl groups is 1. The molecule has 1 unspecified atom stereocenters. The van der Waals surface area contributed by atoms with Gasteiger partial charge >= 0.3 is 11.9 Å². The highest BCUT2D eigenvalue weighted by molar-refractivity contribution is 5.70. The summed E-state index contributed by atoms with van der Waals surface area (Å²) in [6.07, 6.45) is 69.9.